The third-order valence-corrected chi connectivity index (χ3v) is 6.02. The van der Waals surface area contributed by atoms with E-state index in [1.807, 2.05) is 0 Å². The third kappa shape index (κ3) is 2.94. The van der Waals surface area contributed by atoms with Crippen molar-refractivity contribution in [3.8, 4) is 0 Å². The normalized spacial score (nSPS) is 31.8. The summed E-state index contributed by atoms with van der Waals surface area (Å²) in [6.07, 6.45) is 4.74. The summed E-state index contributed by atoms with van der Waals surface area (Å²) in [7, 11) is 1.64. The third-order valence-electron chi connectivity index (χ3n) is 6.02. The largest absolute Gasteiger partial charge is 0.514 e. The van der Waals surface area contributed by atoms with Crippen molar-refractivity contribution >= 4 is 11.8 Å². The lowest BCUT2D eigenvalue weighted by Gasteiger charge is -2.48. The van der Waals surface area contributed by atoms with Crippen LogP contribution in [0.2, 0.25) is 0 Å². The average molecular weight is 338 g/mol. The molecule has 3 rings (SSSR count). The van der Waals surface area contributed by atoms with Crippen molar-refractivity contribution in [2.24, 2.45) is 0 Å². The molecule has 0 atom stereocenters. The van der Waals surface area contributed by atoms with Crippen LogP contribution in [0.15, 0.2) is 24.3 Å². The van der Waals surface area contributed by atoms with E-state index < -0.39 is 6.09 Å². The summed E-state index contributed by atoms with van der Waals surface area (Å²) in [5.41, 5.74) is 0.880. The van der Waals surface area contributed by atoms with Gasteiger partial charge in [0.05, 0.1) is 13.2 Å². The van der Waals surface area contributed by atoms with E-state index in [-0.39, 0.29) is 21.0 Å². The molecule has 1 saturated carbocycles. The molecule has 1 saturated heterocycles. The Morgan fingerprint density at radius 1 is 1.08 bits per heavy atom. The molecule has 1 N–H and O–H groups in total. The Balaban J connectivity index is 1.83. The predicted molar refractivity (Wildman–Crippen MR) is 89.8 cm³/mol. The van der Waals surface area contributed by atoms with Gasteiger partial charge < -0.3 is 5.11 Å². The van der Waals surface area contributed by atoms with Crippen LogP contribution in [-0.2, 0) is 4.84 Å². The first kappa shape index (κ1) is 17.3. The Morgan fingerprint density at radius 3 is 2.17 bits per heavy atom. The quantitative estimate of drug-likeness (QED) is 0.858. The van der Waals surface area contributed by atoms with Gasteiger partial charge in [-0.05, 0) is 25.0 Å². The van der Waals surface area contributed by atoms with Crippen molar-refractivity contribution in [3.05, 3.63) is 30.1 Å². The summed E-state index contributed by atoms with van der Waals surface area (Å²) < 4.78 is 13.6. The van der Waals surface area contributed by atoms with Crippen LogP contribution in [0.25, 0.3) is 0 Å². The molecule has 0 spiro atoms. The predicted octanol–water partition coefficient (Wildman–Crippen LogP) is 3.54. The lowest BCUT2D eigenvalue weighted by molar-refractivity contribution is -0.889. The summed E-state index contributed by atoms with van der Waals surface area (Å²) in [5, 5.41) is 9.97. The van der Waals surface area contributed by atoms with E-state index in [2.05, 4.69) is 0 Å². The number of carbonyl (C=O) groups is 1. The van der Waals surface area contributed by atoms with Crippen molar-refractivity contribution < 1.29 is 23.6 Å². The molecule has 132 valence electrons. The molecular formula is C18H27FN2O3+2. The van der Waals surface area contributed by atoms with Crippen molar-refractivity contribution in [2.75, 3.05) is 33.3 Å². The average Bonchev–Trinajstić information content (AvgIpc) is 2.63. The molecule has 0 aromatic heterocycles. The number of quaternary nitrogens is 2. The number of rotatable bonds is 3. The topological polar surface area (TPSA) is 46.5 Å². The van der Waals surface area contributed by atoms with Crippen LogP contribution in [-0.4, -0.2) is 55.0 Å². The molecule has 5 nitrogen and oxygen atoms in total. The minimum Gasteiger partial charge on any atom is -0.435 e. The number of nitrogens with zero attached hydrogens (tertiary/aromatic N) is 2. The van der Waals surface area contributed by atoms with Crippen LogP contribution in [0.1, 0.15) is 32.1 Å². The molecule has 1 amide bonds. The maximum absolute atomic E-state index is 13.2. The highest BCUT2D eigenvalue weighted by Crippen LogP contribution is 2.34. The van der Waals surface area contributed by atoms with Crippen molar-refractivity contribution in [1.82, 2.24) is 4.65 Å². The molecule has 1 aromatic carbocycles. The molecule has 2 fully saturated rings. The summed E-state index contributed by atoms with van der Waals surface area (Å²) >= 11 is 0. The summed E-state index contributed by atoms with van der Waals surface area (Å²) in [5.74, 6) is -0.275. The number of amides is 1. The molecule has 0 radical (unpaired) electrons. The van der Waals surface area contributed by atoms with Gasteiger partial charge in [-0.2, -0.15) is 4.79 Å². The van der Waals surface area contributed by atoms with Crippen molar-refractivity contribution in [1.29, 1.82) is 0 Å². The summed E-state index contributed by atoms with van der Waals surface area (Å²) in [4.78, 5) is 17.9. The van der Waals surface area contributed by atoms with Gasteiger partial charge in [0.25, 0.3) is 0 Å². The molecular weight excluding hydrogens is 311 g/mol. The van der Waals surface area contributed by atoms with E-state index in [0.717, 1.165) is 31.4 Å². The number of carboxylic acid groups (broad SMARTS) is 1. The first-order valence-corrected chi connectivity index (χ1v) is 8.82. The van der Waals surface area contributed by atoms with Gasteiger partial charge >= 0.3 is 6.09 Å². The zero-order chi connectivity index (χ0) is 17.2. The lowest BCUT2D eigenvalue weighted by atomic mass is 9.91. The smallest absolute Gasteiger partial charge is 0.435 e. The number of hydroxylamine groups is 2. The molecule has 1 heterocycles. The maximum atomic E-state index is 13.2. The van der Waals surface area contributed by atoms with E-state index in [1.54, 1.807) is 19.2 Å². The van der Waals surface area contributed by atoms with Gasteiger partial charge in [-0.15, -0.1) is 4.65 Å². The van der Waals surface area contributed by atoms with Crippen LogP contribution < -0.4 is 4.65 Å². The minimum atomic E-state index is -0.713. The Morgan fingerprint density at radius 2 is 1.67 bits per heavy atom. The second-order valence-corrected chi connectivity index (χ2v) is 7.05. The van der Waals surface area contributed by atoms with E-state index in [9.17, 15) is 14.3 Å². The molecule has 1 aliphatic heterocycles. The SMILES string of the molecule is CO[N+]1(c2ccc(F)cc2)CC[N+](C(=O)O)(C2CCCCC2)CC1. The fraction of sp³-hybridized carbons (Fsp3) is 0.611. The second kappa shape index (κ2) is 6.78. The highest BCUT2D eigenvalue weighted by Gasteiger charge is 2.53. The number of hydrogen-bond acceptors (Lipinski definition) is 2. The van der Waals surface area contributed by atoms with Gasteiger partial charge in [-0.1, -0.05) is 6.42 Å². The number of halogens is 1. The van der Waals surface area contributed by atoms with E-state index in [4.69, 9.17) is 4.84 Å². The summed E-state index contributed by atoms with van der Waals surface area (Å²) in [6.45, 7) is 2.27. The Hall–Kier alpha value is -1.50. The van der Waals surface area contributed by atoms with Crippen LogP contribution in [0.4, 0.5) is 14.9 Å². The van der Waals surface area contributed by atoms with Gasteiger partial charge in [0.15, 0.2) is 18.8 Å². The second-order valence-electron chi connectivity index (χ2n) is 7.05. The molecule has 24 heavy (non-hydrogen) atoms. The van der Waals surface area contributed by atoms with Crippen LogP contribution in [0.3, 0.4) is 0 Å². The van der Waals surface area contributed by atoms with Crippen LogP contribution >= 0.6 is 0 Å². The number of benzene rings is 1. The Kier molecular flexibility index (Phi) is 4.90. The molecule has 2 aliphatic rings. The van der Waals surface area contributed by atoms with Crippen molar-refractivity contribution in [3.63, 3.8) is 0 Å². The van der Waals surface area contributed by atoms with E-state index >= 15 is 0 Å². The van der Waals surface area contributed by atoms with Gasteiger partial charge in [-0.3, -0.25) is 0 Å². The minimum absolute atomic E-state index is 0.157. The lowest BCUT2D eigenvalue weighted by Crippen LogP contribution is -2.72. The first-order chi connectivity index (χ1) is 11.5. The molecule has 0 unspecified atom stereocenters. The van der Waals surface area contributed by atoms with Gasteiger partial charge in [0.2, 0.25) is 0 Å². The monoisotopic (exact) mass is 338 g/mol. The fourth-order valence-corrected chi connectivity index (χ4v) is 4.45. The van der Waals surface area contributed by atoms with Gasteiger partial charge in [0, 0.05) is 25.0 Å². The molecule has 0 bridgehead atoms. The molecule has 1 aliphatic carbocycles. The van der Waals surface area contributed by atoms with Gasteiger partial charge in [-0.25, -0.2) is 13.7 Å². The van der Waals surface area contributed by atoms with E-state index in [0.29, 0.717) is 26.2 Å². The zero-order valence-electron chi connectivity index (χ0n) is 14.3. The van der Waals surface area contributed by atoms with Crippen LogP contribution in [0.5, 0.6) is 0 Å². The first-order valence-electron chi connectivity index (χ1n) is 8.82. The van der Waals surface area contributed by atoms with Crippen molar-refractivity contribution in [2.45, 2.75) is 38.1 Å². The molecule has 6 heteroatoms. The molecule has 1 aromatic rings. The number of piperazine rings is 1. The van der Waals surface area contributed by atoms with Gasteiger partial charge in [0.1, 0.15) is 18.9 Å². The zero-order valence-corrected chi connectivity index (χ0v) is 14.3. The highest BCUT2D eigenvalue weighted by molar-refractivity contribution is 5.57. The van der Waals surface area contributed by atoms with Crippen LogP contribution in [0, 0.1) is 5.82 Å². The summed E-state index contributed by atoms with van der Waals surface area (Å²) in [6, 6.07) is 6.55. The Bertz CT molecular complexity index is 576. The fourth-order valence-electron chi connectivity index (χ4n) is 4.45. The number of hydrogen-bond donors (Lipinski definition) is 1. The standard InChI is InChI=1S/C18H26FN2O3/c1-24-21(17-9-7-15(19)8-10-17)13-11-20(12-14-21,18(22)23)16-5-3-2-4-6-16/h7-10,16H,2-6,11-14H2,1H3/q+1/p+1. The Labute approximate surface area is 142 Å². The maximum Gasteiger partial charge on any atom is 0.514 e. The highest BCUT2D eigenvalue weighted by atomic mass is 19.1. The van der Waals surface area contributed by atoms with E-state index in [1.165, 1.54) is 18.6 Å².